The molecule has 7 heteroatoms. The van der Waals surface area contributed by atoms with Crippen molar-refractivity contribution in [2.24, 2.45) is 0 Å². The summed E-state index contributed by atoms with van der Waals surface area (Å²) in [5.74, 6) is 0.379. The number of benzene rings is 1. The van der Waals surface area contributed by atoms with Gasteiger partial charge in [-0.05, 0) is 32.9 Å². The fourth-order valence-electron chi connectivity index (χ4n) is 2.27. The number of hydrogen-bond acceptors (Lipinski definition) is 5. The Morgan fingerprint density at radius 3 is 2.33 bits per heavy atom. The molecule has 1 heterocycles. The van der Waals surface area contributed by atoms with Crippen molar-refractivity contribution in [1.29, 1.82) is 0 Å². The summed E-state index contributed by atoms with van der Waals surface area (Å²) in [5.41, 5.74) is -0.529. The number of carbonyl (C=O) groups excluding carboxylic acids is 2. The first-order chi connectivity index (χ1) is 11.2. The van der Waals surface area contributed by atoms with Gasteiger partial charge in [-0.1, -0.05) is 6.07 Å². The first kappa shape index (κ1) is 17.9. The molecule has 0 spiro atoms. The van der Waals surface area contributed by atoms with Crippen LogP contribution in [0.5, 0.6) is 11.5 Å². The van der Waals surface area contributed by atoms with Gasteiger partial charge in [-0.3, -0.25) is 4.79 Å². The maximum Gasteiger partial charge on any atom is 0.410 e. The van der Waals surface area contributed by atoms with E-state index in [9.17, 15) is 14.7 Å². The number of phenolic OH excluding ortho intramolecular Hbond substituents is 1. The zero-order valence-corrected chi connectivity index (χ0v) is 14.3. The minimum absolute atomic E-state index is 0.0888. The van der Waals surface area contributed by atoms with Gasteiger partial charge in [0.05, 0.1) is 0 Å². The summed E-state index contributed by atoms with van der Waals surface area (Å²) in [5, 5.41) is 9.36. The van der Waals surface area contributed by atoms with Crippen molar-refractivity contribution in [2.75, 3.05) is 32.8 Å². The van der Waals surface area contributed by atoms with E-state index in [1.165, 1.54) is 12.1 Å². The Morgan fingerprint density at radius 1 is 1.12 bits per heavy atom. The lowest BCUT2D eigenvalue weighted by molar-refractivity contribution is -0.135. The van der Waals surface area contributed by atoms with Gasteiger partial charge in [-0.15, -0.1) is 0 Å². The number of nitrogens with zero attached hydrogens (tertiary/aromatic N) is 2. The van der Waals surface area contributed by atoms with Crippen LogP contribution >= 0.6 is 0 Å². The molecule has 7 nitrogen and oxygen atoms in total. The largest absolute Gasteiger partial charge is 0.508 e. The highest BCUT2D eigenvalue weighted by Crippen LogP contribution is 2.18. The lowest BCUT2D eigenvalue weighted by atomic mass is 10.2. The highest BCUT2D eigenvalue weighted by Gasteiger charge is 2.27. The van der Waals surface area contributed by atoms with Crippen molar-refractivity contribution in [1.82, 2.24) is 9.80 Å². The van der Waals surface area contributed by atoms with Crippen LogP contribution in [0.4, 0.5) is 4.79 Å². The van der Waals surface area contributed by atoms with Crippen LogP contribution in [0.1, 0.15) is 20.8 Å². The number of amides is 2. The van der Waals surface area contributed by atoms with Crippen molar-refractivity contribution in [3.8, 4) is 11.5 Å². The van der Waals surface area contributed by atoms with E-state index < -0.39 is 5.60 Å². The van der Waals surface area contributed by atoms with Gasteiger partial charge in [0.2, 0.25) is 0 Å². The number of rotatable bonds is 3. The zero-order chi connectivity index (χ0) is 17.7. The molecule has 132 valence electrons. The number of hydrogen-bond donors (Lipinski definition) is 1. The van der Waals surface area contributed by atoms with Gasteiger partial charge in [0.1, 0.15) is 17.1 Å². The normalized spacial score (nSPS) is 15.1. The summed E-state index contributed by atoms with van der Waals surface area (Å²) >= 11 is 0. The van der Waals surface area contributed by atoms with Gasteiger partial charge in [0.25, 0.3) is 5.91 Å². The average molecular weight is 336 g/mol. The molecule has 0 unspecified atom stereocenters. The Labute approximate surface area is 141 Å². The van der Waals surface area contributed by atoms with Gasteiger partial charge in [0.15, 0.2) is 6.61 Å². The van der Waals surface area contributed by atoms with Gasteiger partial charge < -0.3 is 24.4 Å². The summed E-state index contributed by atoms with van der Waals surface area (Å²) < 4.78 is 10.7. The van der Waals surface area contributed by atoms with Crippen LogP contribution in [0.25, 0.3) is 0 Å². The minimum Gasteiger partial charge on any atom is -0.508 e. The third-order valence-electron chi connectivity index (χ3n) is 3.46. The van der Waals surface area contributed by atoms with Crippen LogP contribution in [0.3, 0.4) is 0 Å². The highest BCUT2D eigenvalue weighted by molar-refractivity contribution is 5.78. The molecule has 1 fully saturated rings. The van der Waals surface area contributed by atoms with Crippen LogP contribution in [-0.2, 0) is 9.53 Å². The maximum absolute atomic E-state index is 12.2. The quantitative estimate of drug-likeness (QED) is 0.911. The third kappa shape index (κ3) is 5.33. The van der Waals surface area contributed by atoms with E-state index in [-0.39, 0.29) is 24.4 Å². The van der Waals surface area contributed by atoms with E-state index >= 15 is 0 Å². The van der Waals surface area contributed by atoms with E-state index in [2.05, 4.69) is 0 Å². The number of aromatic hydroxyl groups is 1. The molecular formula is C17H24N2O5. The van der Waals surface area contributed by atoms with Gasteiger partial charge in [0, 0.05) is 32.2 Å². The first-order valence-corrected chi connectivity index (χ1v) is 7.92. The molecule has 2 rings (SSSR count). The molecule has 0 aromatic heterocycles. The minimum atomic E-state index is -0.529. The lowest BCUT2D eigenvalue weighted by Gasteiger charge is -2.35. The topological polar surface area (TPSA) is 79.3 Å². The fourth-order valence-corrected chi connectivity index (χ4v) is 2.27. The summed E-state index contributed by atoms with van der Waals surface area (Å²) in [4.78, 5) is 27.4. The molecule has 1 aromatic rings. The molecule has 1 aliphatic heterocycles. The first-order valence-electron chi connectivity index (χ1n) is 7.92. The van der Waals surface area contributed by atoms with Crippen LogP contribution in [-0.4, -0.2) is 65.3 Å². The molecule has 2 amide bonds. The predicted molar refractivity (Wildman–Crippen MR) is 88.0 cm³/mol. The average Bonchev–Trinajstić information content (AvgIpc) is 2.51. The standard InChI is InChI=1S/C17H24N2O5/c1-17(2,3)24-16(22)19-9-7-18(8-10-19)15(21)12-23-14-6-4-5-13(20)11-14/h4-6,11,20H,7-10,12H2,1-3H3. The monoisotopic (exact) mass is 336 g/mol. The summed E-state index contributed by atoms with van der Waals surface area (Å²) in [6.45, 7) is 7.13. The second-order valence-electron chi connectivity index (χ2n) is 6.63. The molecule has 0 saturated carbocycles. The Kier molecular flexibility index (Phi) is 5.54. The van der Waals surface area contributed by atoms with E-state index in [4.69, 9.17) is 9.47 Å². The molecule has 1 aromatic carbocycles. The van der Waals surface area contributed by atoms with Crippen molar-refractivity contribution >= 4 is 12.0 Å². The van der Waals surface area contributed by atoms with Crippen LogP contribution in [0.15, 0.2) is 24.3 Å². The van der Waals surface area contributed by atoms with Crippen molar-refractivity contribution in [3.63, 3.8) is 0 Å². The van der Waals surface area contributed by atoms with Gasteiger partial charge in [-0.25, -0.2) is 4.79 Å². The number of phenols is 1. The SMILES string of the molecule is CC(C)(C)OC(=O)N1CCN(C(=O)COc2cccc(O)c2)CC1. The van der Waals surface area contributed by atoms with Crippen LogP contribution in [0, 0.1) is 0 Å². The molecule has 24 heavy (non-hydrogen) atoms. The van der Waals surface area contributed by atoms with Crippen LogP contribution in [0.2, 0.25) is 0 Å². The number of carbonyl (C=O) groups is 2. The molecular weight excluding hydrogens is 312 g/mol. The molecule has 0 atom stereocenters. The van der Waals surface area contributed by atoms with E-state index in [1.54, 1.807) is 21.9 Å². The highest BCUT2D eigenvalue weighted by atomic mass is 16.6. The zero-order valence-electron chi connectivity index (χ0n) is 14.3. The second-order valence-corrected chi connectivity index (χ2v) is 6.63. The fraction of sp³-hybridized carbons (Fsp3) is 0.529. The molecule has 1 saturated heterocycles. The Bertz CT molecular complexity index is 589. The van der Waals surface area contributed by atoms with E-state index in [0.717, 1.165) is 0 Å². The van der Waals surface area contributed by atoms with Gasteiger partial charge in [-0.2, -0.15) is 0 Å². The third-order valence-corrected chi connectivity index (χ3v) is 3.46. The van der Waals surface area contributed by atoms with Gasteiger partial charge >= 0.3 is 6.09 Å². The maximum atomic E-state index is 12.2. The Balaban J connectivity index is 1.77. The lowest BCUT2D eigenvalue weighted by Crippen LogP contribution is -2.52. The number of piperazine rings is 1. The summed E-state index contributed by atoms with van der Waals surface area (Å²) in [6, 6.07) is 6.31. The molecule has 0 aliphatic carbocycles. The number of ether oxygens (including phenoxy) is 2. The molecule has 0 bridgehead atoms. The predicted octanol–water partition coefficient (Wildman–Crippen LogP) is 1.85. The van der Waals surface area contributed by atoms with Crippen molar-refractivity contribution in [3.05, 3.63) is 24.3 Å². The van der Waals surface area contributed by atoms with Crippen molar-refractivity contribution in [2.45, 2.75) is 26.4 Å². The van der Waals surface area contributed by atoms with E-state index in [1.807, 2.05) is 20.8 Å². The smallest absolute Gasteiger partial charge is 0.410 e. The molecule has 1 aliphatic rings. The Hall–Kier alpha value is -2.44. The molecule has 0 radical (unpaired) electrons. The van der Waals surface area contributed by atoms with E-state index in [0.29, 0.717) is 31.9 Å². The second kappa shape index (κ2) is 7.42. The molecule has 1 N–H and O–H groups in total. The van der Waals surface area contributed by atoms with Crippen molar-refractivity contribution < 1.29 is 24.2 Å². The Morgan fingerprint density at radius 2 is 1.75 bits per heavy atom. The van der Waals surface area contributed by atoms with Crippen LogP contribution < -0.4 is 4.74 Å². The summed E-state index contributed by atoms with van der Waals surface area (Å²) in [6.07, 6.45) is -0.356. The summed E-state index contributed by atoms with van der Waals surface area (Å²) in [7, 11) is 0.